The van der Waals surface area contributed by atoms with E-state index >= 15 is 0 Å². The maximum Gasteiger partial charge on any atom is 0.417 e. The molecule has 2 aromatic carbocycles. The third kappa shape index (κ3) is 3.67. The van der Waals surface area contributed by atoms with Crippen LogP contribution in [-0.2, 0) is 6.18 Å². The predicted molar refractivity (Wildman–Crippen MR) is 86.2 cm³/mol. The van der Waals surface area contributed by atoms with E-state index in [4.69, 9.17) is 0 Å². The Kier molecular flexibility index (Phi) is 4.25. The Morgan fingerprint density at radius 2 is 1.76 bits per heavy atom. The quantitative estimate of drug-likeness (QED) is 0.599. The molecule has 1 heterocycles. The maximum absolute atomic E-state index is 13.0. The SMILES string of the molecule is Cc1cc(C2=NNNN2)ccc1C#Cc1ccc(O)cc1C(F)(F)F. The Morgan fingerprint density at radius 1 is 1.04 bits per heavy atom. The number of halogens is 3. The number of phenols is 1. The Morgan fingerprint density at radius 3 is 2.40 bits per heavy atom. The number of aryl methyl sites for hydroxylation is 1. The Labute approximate surface area is 141 Å². The highest BCUT2D eigenvalue weighted by Crippen LogP contribution is 2.33. The predicted octanol–water partition coefficient (Wildman–Crippen LogP) is 2.39. The van der Waals surface area contributed by atoms with E-state index in [2.05, 4.69) is 33.4 Å². The van der Waals surface area contributed by atoms with Crippen LogP contribution in [0.1, 0.15) is 27.8 Å². The van der Waals surface area contributed by atoms with Crippen molar-refractivity contribution in [2.24, 2.45) is 5.10 Å². The van der Waals surface area contributed by atoms with Crippen molar-refractivity contribution in [1.29, 1.82) is 0 Å². The molecule has 0 spiro atoms. The van der Waals surface area contributed by atoms with Gasteiger partial charge in [-0.25, -0.2) is 5.53 Å². The van der Waals surface area contributed by atoms with E-state index in [1.165, 1.54) is 6.07 Å². The van der Waals surface area contributed by atoms with Crippen LogP contribution in [0, 0.1) is 18.8 Å². The van der Waals surface area contributed by atoms with Crippen LogP contribution < -0.4 is 16.5 Å². The molecule has 2 aromatic rings. The number of phenolic OH excluding ortho intramolecular Hbond substituents is 1. The van der Waals surface area contributed by atoms with Crippen molar-refractivity contribution in [3.05, 3.63) is 64.2 Å². The van der Waals surface area contributed by atoms with Crippen LogP contribution in [0.5, 0.6) is 5.75 Å². The van der Waals surface area contributed by atoms with E-state index in [9.17, 15) is 18.3 Å². The summed E-state index contributed by atoms with van der Waals surface area (Å²) < 4.78 is 39.1. The molecule has 0 saturated carbocycles. The fourth-order valence-corrected chi connectivity index (χ4v) is 2.30. The van der Waals surface area contributed by atoms with Gasteiger partial charge in [0.25, 0.3) is 0 Å². The number of hydrogen-bond donors (Lipinski definition) is 4. The van der Waals surface area contributed by atoms with Gasteiger partial charge in [0.2, 0.25) is 0 Å². The van der Waals surface area contributed by atoms with Crippen LogP contribution in [0.25, 0.3) is 0 Å². The van der Waals surface area contributed by atoms with Gasteiger partial charge in [-0.1, -0.05) is 11.8 Å². The second-order valence-electron chi connectivity index (χ2n) is 5.33. The summed E-state index contributed by atoms with van der Waals surface area (Å²) in [5.74, 6) is 5.44. The van der Waals surface area contributed by atoms with Crippen molar-refractivity contribution in [3.63, 3.8) is 0 Å². The number of nitrogens with one attached hydrogen (secondary N) is 3. The molecule has 0 saturated heterocycles. The normalized spacial score (nSPS) is 13.4. The molecule has 1 aliphatic rings. The van der Waals surface area contributed by atoms with Gasteiger partial charge in [0, 0.05) is 16.7 Å². The lowest BCUT2D eigenvalue weighted by Gasteiger charge is -2.09. The van der Waals surface area contributed by atoms with E-state index in [0.29, 0.717) is 17.5 Å². The minimum absolute atomic E-state index is 0.191. The molecule has 0 amide bonds. The molecule has 0 bridgehead atoms. The number of benzene rings is 2. The summed E-state index contributed by atoms with van der Waals surface area (Å²) in [6.45, 7) is 1.81. The van der Waals surface area contributed by atoms with Crippen molar-refractivity contribution in [2.45, 2.75) is 13.1 Å². The standard InChI is InChI=1S/C17H13F3N4O/c1-10-8-13(16-21-23-24-22-16)5-3-11(10)2-4-12-6-7-14(25)9-15(12)17(18,19)20/h3,5-9,23-25H,1H3,(H,21,22). The Bertz CT molecular complexity index is 910. The first-order chi connectivity index (χ1) is 11.8. The van der Waals surface area contributed by atoms with Gasteiger partial charge in [-0.2, -0.15) is 13.2 Å². The zero-order valence-electron chi connectivity index (χ0n) is 13.0. The number of aromatic hydroxyl groups is 1. The van der Waals surface area contributed by atoms with Crippen LogP contribution in [0.3, 0.4) is 0 Å². The van der Waals surface area contributed by atoms with E-state index in [-0.39, 0.29) is 5.56 Å². The molecule has 0 atom stereocenters. The lowest BCUT2D eigenvalue weighted by Crippen LogP contribution is -2.35. The molecule has 5 nitrogen and oxygen atoms in total. The first kappa shape index (κ1) is 16.7. The summed E-state index contributed by atoms with van der Waals surface area (Å²) in [5.41, 5.74) is 9.03. The molecular weight excluding hydrogens is 333 g/mol. The topological polar surface area (TPSA) is 68.7 Å². The number of hydrazine groups is 2. The van der Waals surface area contributed by atoms with Gasteiger partial charge in [0.15, 0.2) is 5.84 Å². The van der Waals surface area contributed by atoms with E-state index in [1.807, 2.05) is 13.0 Å². The van der Waals surface area contributed by atoms with Gasteiger partial charge in [0.05, 0.1) is 5.56 Å². The molecule has 25 heavy (non-hydrogen) atoms. The summed E-state index contributed by atoms with van der Waals surface area (Å²) in [7, 11) is 0. The Hall–Kier alpha value is -3.18. The van der Waals surface area contributed by atoms with Crippen LogP contribution in [0.15, 0.2) is 41.5 Å². The van der Waals surface area contributed by atoms with E-state index in [1.54, 1.807) is 12.1 Å². The first-order valence-electron chi connectivity index (χ1n) is 7.21. The minimum atomic E-state index is -4.59. The van der Waals surface area contributed by atoms with Gasteiger partial charge in [-0.3, -0.25) is 5.43 Å². The highest BCUT2D eigenvalue weighted by atomic mass is 19.4. The molecule has 8 heteroatoms. The first-order valence-corrected chi connectivity index (χ1v) is 7.21. The molecule has 4 N–H and O–H groups in total. The van der Waals surface area contributed by atoms with Gasteiger partial charge < -0.3 is 5.11 Å². The van der Waals surface area contributed by atoms with E-state index in [0.717, 1.165) is 17.2 Å². The molecule has 0 fully saturated rings. The largest absolute Gasteiger partial charge is 0.508 e. The summed E-state index contributed by atoms with van der Waals surface area (Å²) in [5, 5.41) is 13.3. The molecule has 0 aliphatic carbocycles. The lowest BCUT2D eigenvalue weighted by molar-refractivity contribution is -0.137. The summed E-state index contributed by atoms with van der Waals surface area (Å²) in [6, 6.07) is 8.31. The summed E-state index contributed by atoms with van der Waals surface area (Å²) in [6.07, 6.45) is -4.59. The van der Waals surface area contributed by atoms with Gasteiger partial charge in [-0.15, -0.1) is 10.6 Å². The van der Waals surface area contributed by atoms with Crippen LogP contribution >= 0.6 is 0 Å². The van der Waals surface area contributed by atoms with E-state index < -0.39 is 17.5 Å². The van der Waals surface area contributed by atoms with Crippen LogP contribution in [-0.4, -0.2) is 10.9 Å². The molecule has 1 aliphatic heterocycles. The maximum atomic E-state index is 13.0. The lowest BCUT2D eigenvalue weighted by atomic mass is 10.0. The zero-order valence-corrected chi connectivity index (χ0v) is 13.0. The molecule has 3 rings (SSSR count). The molecule has 128 valence electrons. The molecule has 0 unspecified atom stereocenters. The Balaban J connectivity index is 1.94. The van der Waals surface area contributed by atoms with Crippen molar-refractivity contribution < 1.29 is 18.3 Å². The number of rotatable bonds is 1. The number of amidine groups is 1. The second-order valence-corrected chi connectivity index (χ2v) is 5.33. The number of alkyl halides is 3. The number of hydrazone groups is 1. The number of hydrogen-bond acceptors (Lipinski definition) is 5. The van der Waals surface area contributed by atoms with Crippen LogP contribution in [0.4, 0.5) is 13.2 Å². The third-order valence-electron chi connectivity index (χ3n) is 3.54. The van der Waals surface area contributed by atoms with Gasteiger partial charge in [0.1, 0.15) is 5.75 Å². The monoisotopic (exact) mass is 346 g/mol. The second kappa shape index (κ2) is 6.37. The van der Waals surface area contributed by atoms with Crippen molar-refractivity contribution >= 4 is 5.84 Å². The van der Waals surface area contributed by atoms with Gasteiger partial charge >= 0.3 is 6.18 Å². The van der Waals surface area contributed by atoms with Crippen LogP contribution in [0.2, 0.25) is 0 Å². The zero-order chi connectivity index (χ0) is 18.0. The highest BCUT2D eigenvalue weighted by molar-refractivity contribution is 5.99. The minimum Gasteiger partial charge on any atom is -0.508 e. The third-order valence-corrected chi connectivity index (χ3v) is 3.54. The summed E-state index contributed by atoms with van der Waals surface area (Å²) in [4.78, 5) is 0. The molecule has 0 radical (unpaired) electrons. The number of nitrogens with zero attached hydrogens (tertiary/aromatic N) is 1. The van der Waals surface area contributed by atoms with Crippen molar-refractivity contribution in [3.8, 4) is 17.6 Å². The highest BCUT2D eigenvalue weighted by Gasteiger charge is 2.33. The molecular formula is C17H13F3N4O. The average Bonchev–Trinajstić information content (AvgIpc) is 3.08. The smallest absolute Gasteiger partial charge is 0.417 e. The van der Waals surface area contributed by atoms with Crippen molar-refractivity contribution in [1.82, 2.24) is 16.5 Å². The molecule has 0 aromatic heterocycles. The van der Waals surface area contributed by atoms with Crippen molar-refractivity contribution in [2.75, 3.05) is 0 Å². The average molecular weight is 346 g/mol. The fourth-order valence-electron chi connectivity index (χ4n) is 2.30. The fraction of sp³-hybridized carbons (Fsp3) is 0.118. The van der Waals surface area contributed by atoms with Gasteiger partial charge in [-0.05, 0) is 48.9 Å². The summed E-state index contributed by atoms with van der Waals surface area (Å²) >= 11 is 0.